The molecule has 1 heterocycles. The van der Waals surface area contributed by atoms with Gasteiger partial charge in [-0.15, -0.1) is 0 Å². The molecule has 0 fully saturated rings. The fourth-order valence-electron chi connectivity index (χ4n) is 4.95. The van der Waals surface area contributed by atoms with E-state index in [-0.39, 0.29) is 28.5 Å². The van der Waals surface area contributed by atoms with Crippen molar-refractivity contribution in [3.63, 3.8) is 0 Å². The summed E-state index contributed by atoms with van der Waals surface area (Å²) in [4.78, 5) is 0.0905. The summed E-state index contributed by atoms with van der Waals surface area (Å²) in [5.41, 5.74) is 2.66. The second-order valence-electron chi connectivity index (χ2n) is 8.39. The Bertz CT molecular complexity index is 1370. The van der Waals surface area contributed by atoms with Crippen LogP contribution in [0.25, 0.3) is 0 Å². The van der Waals surface area contributed by atoms with E-state index in [2.05, 4.69) is 22.2 Å². The third-order valence-corrected chi connectivity index (χ3v) is 7.89. The number of para-hydroxylation sites is 2. The molecular weight excluding hydrogens is 455 g/mol. The molecule has 8 heteroatoms. The number of sulfonamides is 1. The molecule has 2 N–H and O–H groups in total. The van der Waals surface area contributed by atoms with Crippen molar-refractivity contribution in [1.82, 2.24) is 0 Å². The highest BCUT2D eigenvalue weighted by molar-refractivity contribution is 7.92. The van der Waals surface area contributed by atoms with Crippen molar-refractivity contribution in [2.45, 2.75) is 23.3 Å². The lowest BCUT2D eigenvalue weighted by Crippen LogP contribution is -2.29. The molecule has 34 heavy (non-hydrogen) atoms. The van der Waals surface area contributed by atoms with Crippen molar-refractivity contribution in [1.29, 1.82) is 0 Å². The van der Waals surface area contributed by atoms with Crippen LogP contribution in [0.1, 0.15) is 29.5 Å². The van der Waals surface area contributed by atoms with Crippen molar-refractivity contribution in [3.8, 4) is 11.5 Å². The third-order valence-electron chi connectivity index (χ3n) is 6.53. The molecular formula is C26H25FN2O4S. The lowest BCUT2D eigenvalue weighted by Gasteiger charge is -2.38. The van der Waals surface area contributed by atoms with Crippen LogP contribution in [-0.2, 0) is 10.0 Å². The minimum Gasteiger partial charge on any atom is -0.493 e. The molecule has 3 atom stereocenters. The van der Waals surface area contributed by atoms with E-state index in [0.717, 1.165) is 23.2 Å². The van der Waals surface area contributed by atoms with Crippen LogP contribution in [0.15, 0.2) is 77.7 Å². The average Bonchev–Trinajstić information content (AvgIpc) is 3.34. The fourth-order valence-corrected chi connectivity index (χ4v) is 6.05. The first-order valence-corrected chi connectivity index (χ1v) is 12.5. The molecule has 1 aliphatic heterocycles. The standard InChI is InChI=1S/C26H25FN2O4S/c1-32-24-12-6-9-19(26(24)33-2)25-18-8-5-7-17(18)20-15-16(13-14-22(20)28-25)34(30,31)29-23-11-4-3-10-21(23)27/h3-7,9-15,17-18,25,28-29H,8H2,1-2H3/t17-,18-,25-/m0/s1. The molecule has 1 aliphatic carbocycles. The van der Waals surface area contributed by atoms with Gasteiger partial charge in [-0.05, 0) is 54.3 Å². The number of nitrogens with one attached hydrogen (secondary N) is 2. The van der Waals surface area contributed by atoms with Crippen LogP contribution in [0.2, 0.25) is 0 Å². The Hall–Kier alpha value is -3.52. The number of rotatable bonds is 6. The van der Waals surface area contributed by atoms with Gasteiger partial charge in [0.2, 0.25) is 0 Å². The van der Waals surface area contributed by atoms with E-state index in [0.29, 0.717) is 11.5 Å². The Balaban J connectivity index is 1.52. The lowest BCUT2D eigenvalue weighted by molar-refractivity contribution is 0.341. The van der Waals surface area contributed by atoms with Crippen molar-refractivity contribution in [2.75, 3.05) is 24.3 Å². The first-order valence-electron chi connectivity index (χ1n) is 11.0. The Morgan fingerprint density at radius 2 is 1.82 bits per heavy atom. The smallest absolute Gasteiger partial charge is 0.261 e. The van der Waals surface area contributed by atoms with Gasteiger partial charge in [-0.3, -0.25) is 4.72 Å². The number of hydrogen-bond acceptors (Lipinski definition) is 5. The van der Waals surface area contributed by atoms with Gasteiger partial charge in [0.15, 0.2) is 11.5 Å². The highest BCUT2D eigenvalue weighted by Crippen LogP contribution is 2.52. The topological polar surface area (TPSA) is 76.7 Å². The summed E-state index contributed by atoms with van der Waals surface area (Å²) in [6, 6.07) is 16.5. The van der Waals surface area contributed by atoms with Crippen LogP contribution in [-0.4, -0.2) is 22.6 Å². The molecule has 0 unspecified atom stereocenters. The van der Waals surface area contributed by atoms with Crippen LogP contribution in [0.3, 0.4) is 0 Å². The summed E-state index contributed by atoms with van der Waals surface area (Å²) in [5.74, 6) is 0.923. The molecule has 0 aromatic heterocycles. The predicted octanol–water partition coefficient (Wildman–Crippen LogP) is 5.47. The highest BCUT2D eigenvalue weighted by atomic mass is 32.2. The van der Waals surface area contributed by atoms with Gasteiger partial charge in [0, 0.05) is 17.2 Å². The van der Waals surface area contributed by atoms with Crippen LogP contribution in [0.5, 0.6) is 11.5 Å². The van der Waals surface area contributed by atoms with Gasteiger partial charge in [0.25, 0.3) is 10.0 Å². The molecule has 3 aromatic carbocycles. The highest BCUT2D eigenvalue weighted by Gasteiger charge is 2.40. The summed E-state index contributed by atoms with van der Waals surface area (Å²) >= 11 is 0. The van der Waals surface area contributed by atoms with E-state index in [1.54, 1.807) is 32.4 Å². The minimum absolute atomic E-state index is 0.0285. The van der Waals surface area contributed by atoms with E-state index in [4.69, 9.17) is 9.47 Å². The van der Waals surface area contributed by atoms with Gasteiger partial charge >= 0.3 is 0 Å². The molecule has 0 saturated carbocycles. The van der Waals surface area contributed by atoms with E-state index < -0.39 is 15.8 Å². The van der Waals surface area contributed by atoms with E-state index in [9.17, 15) is 12.8 Å². The maximum atomic E-state index is 14.0. The molecule has 176 valence electrons. The quantitative estimate of drug-likeness (QED) is 0.458. The Morgan fingerprint density at radius 3 is 2.59 bits per heavy atom. The van der Waals surface area contributed by atoms with Crippen molar-refractivity contribution in [2.24, 2.45) is 5.92 Å². The summed E-state index contributed by atoms with van der Waals surface area (Å²) in [7, 11) is -0.721. The number of fused-ring (bicyclic) bond motifs is 3. The third kappa shape index (κ3) is 3.77. The van der Waals surface area contributed by atoms with Crippen molar-refractivity contribution >= 4 is 21.4 Å². The molecule has 6 nitrogen and oxygen atoms in total. The normalized spacial score (nSPS) is 20.7. The zero-order chi connectivity index (χ0) is 23.9. The maximum Gasteiger partial charge on any atom is 0.261 e. The summed E-state index contributed by atoms with van der Waals surface area (Å²) < 4.78 is 53.6. The summed E-state index contributed by atoms with van der Waals surface area (Å²) in [5, 5.41) is 3.60. The van der Waals surface area contributed by atoms with Gasteiger partial charge < -0.3 is 14.8 Å². The number of methoxy groups -OCH3 is 2. The van der Waals surface area contributed by atoms with Crippen LogP contribution < -0.4 is 19.5 Å². The minimum atomic E-state index is -3.96. The largest absolute Gasteiger partial charge is 0.493 e. The molecule has 0 radical (unpaired) electrons. The molecule has 2 aliphatic rings. The van der Waals surface area contributed by atoms with Gasteiger partial charge in [-0.2, -0.15) is 0 Å². The molecule has 0 amide bonds. The van der Waals surface area contributed by atoms with Crippen LogP contribution in [0, 0.1) is 11.7 Å². The van der Waals surface area contributed by atoms with E-state index in [1.807, 2.05) is 18.2 Å². The van der Waals surface area contributed by atoms with Gasteiger partial charge in [-0.25, -0.2) is 12.8 Å². The zero-order valence-corrected chi connectivity index (χ0v) is 19.6. The molecule has 0 saturated heterocycles. The van der Waals surface area contributed by atoms with Gasteiger partial charge in [0.1, 0.15) is 5.82 Å². The van der Waals surface area contributed by atoms with Gasteiger partial charge in [-0.1, -0.05) is 36.4 Å². The monoisotopic (exact) mass is 480 g/mol. The first kappa shape index (κ1) is 22.3. The summed E-state index contributed by atoms with van der Waals surface area (Å²) in [6.07, 6.45) is 5.10. The molecule has 0 spiro atoms. The number of allylic oxidation sites excluding steroid dienone is 2. The predicted molar refractivity (Wildman–Crippen MR) is 130 cm³/mol. The van der Waals surface area contributed by atoms with Crippen molar-refractivity contribution in [3.05, 3.63) is 89.8 Å². The first-order chi connectivity index (χ1) is 16.4. The second-order valence-corrected chi connectivity index (χ2v) is 10.1. The molecule has 5 rings (SSSR count). The average molecular weight is 481 g/mol. The van der Waals surface area contributed by atoms with E-state index >= 15 is 0 Å². The zero-order valence-electron chi connectivity index (χ0n) is 18.8. The number of benzene rings is 3. The summed E-state index contributed by atoms with van der Waals surface area (Å²) in [6.45, 7) is 0. The lowest BCUT2D eigenvalue weighted by atomic mass is 9.77. The van der Waals surface area contributed by atoms with Crippen LogP contribution >= 0.6 is 0 Å². The fraction of sp³-hybridized carbons (Fsp3) is 0.231. The number of hydrogen-bond donors (Lipinski definition) is 2. The number of anilines is 2. The van der Waals surface area contributed by atoms with Gasteiger partial charge in [0.05, 0.1) is 30.8 Å². The van der Waals surface area contributed by atoms with E-state index in [1.165, 1.54) is 24.3 Å². The number of halogens is 1. The molecule has 0 bridgehead atoms. The maximum absolute atomic E-state index is 14.0. The second kappa shape index (κ2) is 8.68. The Labute approximate surface area is 198 Å². The Kier molecular flexibility index (Phi) is 5.69. The van der Waals surface area contributed by atoms with Crippen LogP contribution in [0.4, 0.5) is 15.8 Å². The molecule has 3 aromatic rings. The Morgan fingerprint density at radius 1 is 1.00 bits per heavy atom. The SMILES string of the molecule is COc1cccc([C@H]2Nc3ccc(S(=O)(=O)Nc4ccccc4F)cc3[C@H]3C=CC[C@@H]32)c1OC. The van der Waals surface area contributed by atoms with Crippen molar-refractivity contribution < 1.29 is 22.3 Å². The number of ether oxygens (including phenoxy) is 2.